The van der Waals surface area contributed by atoms with Gasteiger partial charge in [-0.3, -0.25) is 9.78 Å². The minimum Gasteiger partial charge on any atom is -0.351 e. The van der Waals surface area contributed by atoms with Crippen molar-refractivity contribution >= 4 is 29.3 Å². The van der Waals surface area contributed by atoms with Crippen LogP contribution in [0.15, 0.2) is 12.4 Å². The molecular formula is C11H16ClN3OS. The summed E-state index contributed by atoms with van der Waals surface area (Å²) >= 11 is 7.50. The Kier molecular flexibility index (Phi) is 6.96. The van der Waals surface area contributed by atoms with Crippen molar-refractivity contribution in [2.75, 3.05) is 18.6 Å². The molecule has 0 aromatic carbocycles. The fourth-order valence-corrected chi connectivity index (χ4v) is 1.93. The molecule has 0 bridgehead atoms. The Balaban J connectivity index is 2.21. The van der Waals surface area contributed by atoms with Crippen LogP contribution < -0.4 is 5.32 Å². The predicted molar refractivity (Wildman–Crippen MR) is 71.6 cm³/mol. The number of carbonyl (C=O) groups excluding carboxylic acids is 1. The van der Waals surface area contributed by atoms with E-state index in [1.807, 2.05) is 11.8 Å². The topological polar surface area (TPSA) is 54.9 Å². The summed E-state index contributed by atoms with van der Waals surface area (Å²) in [4.78, 5) is 19.3. The van der Waals surface area contributed by atoms with E-state index in [1.54, 1.807) is 0 Å². The number of carbonyl (C=O) groups is 1. The van der Waals surface area contributed by atoms with Crippen molar-refractivity contribution in [3.63, 3.8) is 0 Å². The smallest absolute Gasteiger partial charge is 0.271 e. The molecule has 0 atom stereocenters. The standard InChI is InChI=1S/C11H16ClN3OS/c1-17-6-4-2-3-5-14-11(16)9-7-13-8-10(12)15-9/h7-8H,2-6H2,1H3,(H,14,16). The van der Waals surface area contributed by atoms with Crippen molar-refractivity contribution in [1.29, 1.82) is 0 Å². The van der Waals surface area contributed by atoms with Crippen molar-refractivity contribution in [2.45, 2.75) is 19.3 Å². The zero-order valence-electron chi connectivity index (χ0n) is 9.78. The fourth-order valence-electron chi connectivity index (χ4n) is 1.29. The van der Waals surface area contributed by atoms with E-state index in [-0.39, 0.29) is 16.8 Å². The van der Waals surface area contributed by atoms with E-state index in [1.165, 1.54) is 24.6 Å². The second-order valence-electron chi connectivity index (χ2n) is 3.54. The number of nitrogens with one attached hydrogen (secondary N) is 1. The molecular weight excluding hydrogens is 258 g/mol. The van der Waals surface area contributed by atoms with Crippen LogP contribution in [-0.4, -0.2) is 34.4 Å². The number of unbranched alkanes of at least 4 members (excludes halogenated alkanes) is 2. The van der Waals surface area contributed by atoms with E-state index in [0.29, 0.717) is 6.54 Å². The van der Waals surface area contributed by atoms with Crippen LogP contribution in [0, 0.1) is 0 Å². The molecule has 0 aliphatic heterocycles. The van der Waals surface area contributed by atoms with Gasteiger partial charge in [0.15, 0.2) is 0 Å². The molecule has 1 aromatic rings. The average molecular weight is 274 g/mol. The summed E-state index contributed by atoms with van der Waals surface area (Å²) in [5.74, 6) is 0.957. The van der Waals surface area contributed by atoms with Crippen molar-refractivity contribution in [3.8, 4) is 0 Å². The van der Waals surface area contributed by atoms with Gasteiger partial charge in [0.1, 0.15) is 10.8 Å². The molecule has 17 heavy (non-hydrogen) atoms. The molecule has 0 aliphatic carbocycles. The Morgan fingerprint density at radius 2 is 2.24 bits per heavy atom. The van der Waals surface area contributed by atoms with E-state index >= 15 is 0 Å². The number of rotatable bonds is 7. The maximum Gasteiger partial charge on any atom is 0.271 e. The van der Waals surface area contributed by atoms with Crippen LogP contribution in [0.4, 0.5) is 0 Å². The van der Waals surface area contributed by atoms with Gasteiger partial charge in [0.05, 0.1) is 12.4 Å². The van der Waals surface area contributed by atoms with Gasteiger partial charge in [0.25, 0.3) is 5.91 Å². The normalized spacial score (nSPS) is 10.2. The summed E-state index contributed by atoms with van der Waals surface area (Å²) < 4.78 is 0. The zero-order valence-corrected chi connectivity index (χ0v) is 11.4. The largest absolute Gasteiger partial charge is 0.351 e. The van der Waals surface area contributed by atoms with Gasteiger partial charge >= 0.3 is 0 Å². The molecule has 6 heteroatoms. The number of hydrogen-bond donors (Lipinski definition) is 1. The van der Waals surface area contributed by atoms with Crippen LogP contribution in [0.3, 0.4) is 0 Å². The SMILES string of the molecule is CSCCCCCNC(=O)c1cncc(Cl)n1. The molecule has 0 saturated heterocycles. The quantitative estimate of drug-likeness (QED) is 0.775. The first kappa shape index (κ1) is 14.3. The van der Waals surface area contributed by atoms with Crippen LogP contribution in [0.25, 0.3) is 0 Å². The molecule has 0 fully saturated rings. The summed E-state index contributed by atoms with van der Waals surface area (Å²) in [6.07, 6.45) is 8.21. The Morgan fingerprint density at radius 3 is 2.94 bits per heavy atom. The molecule has 4 nitrogen and oxygen atoms in total. The van der Waals surface area contributed by atoms with Crippen molar-refractivity contribution in [2.24, 2.45) is 0 Å². The van der Waals surface area contributed by atoms with Gasteiger partial charge in [0, 0.05) is 6.54 Å². The highest BCUT2D eigenvalue weighted by molar-refractivity contribution is 7.98. The number of aromatic nitrogens is 2. The van der Waals surface area contributed by atoms with Crippen LogP contribution in [0.5, 0.6) is 0 Å². The highest BCUT2D eigenvalue weighted by atomic mass is 35.5. The van der Waals surface area contributed by atoms with Gasteiger partial charge in [-0.05, 0) is 24.9 Å². The maximum atomic E-state index is 11.6. The molecule has 0 saturated carbocycles. The van der Waals surface area contributed by atoms with Crippen LogP contribution in [-0.2, 0) is 0 Å². The lowest BCUT2D eigenvalue weighted by Crippen LogP contribution is -2.25. The summed E-state index contributed by atoms with van der Waals surface area (Å²) in [6, 6.07) is 0. The number of thioether (sulfide) groups is 1. The molecule has 0 radical (unpaired) electrons. The van der Waals surface area contributed by atoms with E-state index in [4.69, 9.17) is 11.6 Å². The minimum atomic E-state index is -0.218. The van der Waals surface area contributed by atoms with E-state index in [9.17, 15) is 4.79 Å². The summed E-state index contributed by atoms with van der Waals surface area (Å²) in [6.45, 7) is 0.668. The van der Waals surface area contributed by atoms with Crippen LogP contribution in [0.1, 0.15) is 29.8 Å². The molecule has 1 aromatic heterocycles. The molecule has 0 spiro atoms. The van der Waals surface area contributed by atoms with Crippen molar-refractivity contribution < 1.29 is 4.79 Å². The van der Waals surface area contributed by atoms with Gasteiger partial charge in [-0.25, -0.2) is 4.98 Å². The monoisotopic (exact) mass is 273 g/mol. The summed E-state index contributed by atoms with van der Waals surface area (Å²) in [5, 5.41) is 3.03. The maximum absolute atomic E-state index is 11.6. The van der Waals surface area contributed by atoms with Gasteiger partial charge in [-0.1, -0.05) is 18.0 Å². The predicted octanol–water partition coefficient (Wildman–Crippen LogP) is 2.39. The Labute approximate surface area is 111 Å². The first-order valence-corrected chi connectivity index (χ1v) is 7.26. The first-order valence-electron chi connectivity index (χ1n) is 5.48. The van der Waals surface area contributed by atoms with Crippen LogP contribution >= 0.6 is 23.4 Å². The molecule has 0 aliphatic rings. The van der Waals surface area contributed by atoms with Crippen LogP contribution in [0.2, 0.25) is 5.15 Å². The minimum absolute atomic E-state index is 0.218. The van der Waals surface area contributed by atoms with Crippen molar-refractivity contribution in [3.05, 3.63) is 23.2 Å². The molecule has 1 heterocycles. The van der Waals surface area contributed by atoms with E-state index in [2.05, 4.69) is 21.5 Å². The number of amides is 1. The van der Waals surface area contributed by atoms with Gasteiger partial charge in [0.2, 0.25) is 0 Å². The fraction of sp³-hybridized carbons (Fsp3) is 0.545. The Hall–Kier alpha value is -0.810. The molecule has 1 rings (SSSR count). The third-order valence-electron chi connectivity index (χ3n) is 2.15. The molecule has 0 unspecified atom stereocenters. The third kappa shape index (κ3) is 5.89. The molecule has 1 amide bonds. The highest BCUT2D eigenvalue weighted by Crippen LogP contribution is 2.03. The Morgan fingerprint density at radius 1 is 1.41 bits per heavy atom. The van der Waals surface area contributed by atoms with E-state index < -0.39 is 0 Å². The number of halogens is 1. The Bertz CT molecular complexity index is 362. The second kappa shape index (κ2) is 8.31. The van der Waals surface area contributed by atoms with Gasteiger partial charge in [-0.2, -0.15) is 11.8 Å². The number of nitrogens with zero attached hydrogens (tertiary/aromatic N) is 2. The lowest BCUT2D eigenvalue weighted by atomic mass is 10.2. The summed E-state index contributed by atoms with van der Waals surface area (Å²) in [5.41, 5.74) is 0.265. The highest BCUT2D eigenvalue weighted by Gasteiger charge is 2.06. The third-order valence-corrected chi connectivity index (χ3v) is 3.03. The summed E-state index contributed by atoms with van der Waals surface area (Å²) in [7, 11) is 0. The van der Waals surface area contributed by atoms with Crippen molar-refractivity contribution in [1.82, 2.24) is 15.3 Å². The number of hydrogen-bond acceptors (Lipinski definition) is 4. The lowest BCUT2D eigenvalue weighted by molar-refractivity contribution is 0.0947. The zero-order chi connectivity index (χ0) is 12.5. The average Bonchev–Trinajstić information content (AvgIpc) is 2.33. The molecule has 94 valence electrons. The first-order chi connectivity index (χ1) is 8.24. The van der Waals surface area contributed by atoms with Gasteiger partial charge < -0.3 is 5.32 Å². The molecule has 1 N–H and O–H groups in total. The van der Waals surface area contributed by atoms with E-state index in [0.717, 1.165) is 12.8 Å². The second-order valence-corrected chi connectivity index (χ2v) is 4.91. The lowest BCUT2D eigenvalue weighted by Gasteiger charge is -2.04. The van der Waals surface area contributed by atoms with Gasteiger partial charge in [-0.15, -0.1) is 0 Å².